The van der Waals surface area contributed by atoms with Gasteiger partial charge in [0, 0.05) is 19.6 Å². The highest BCUT2D eigenvalue weighted by molar-refractivity contribution is 6.29. The van der Waals surface area contributed by atoms with Crippen molar-refractivity contribution in [1.29, 1.82) is 0 Å². The Labute approximate surface area is 145 Å². The summed E-state index contributed by atoms with van der Waals surface area (Å²) in [6.45, 7) is 7.28. The largest absolute Gasteiger partial charge is 0.378 e. The number of pyridine rings is 1. The first-order valence-electron chi connectivity index (χ1n) is 8.24. The van der Waals surface area contributed by atoms with Crippen LogP contribution in [0.3, 0.4) is 0 Å². The van der Waals surface area contributed by atoms with E-state index in [1.54, 1.807) is 6.07 Å². The lowest BCUT2D eigenvalue weighted by Crippen LogP contribution is -2.45. The second kappa shape index (κ2) is 6.66. The van der Waals surface area contributed by atoms with E-state index in [0.717, 1.165) is 30.8 Å². The summed E-state index contributed by atoms with van der Waals surface area (Å²) >= 11 is 6.08. The van der Waals surface area contributed by atoms with Crippen LogP contribution >= 0.6 is 11.6 Å². The van der Waals surface area contributed by atoms with Crippen LogP contribution in [0.4, 0.5) is 11.8 Å². The fraction of sp³-hybridized carbons (Fsp3) is 0.562. The fourth-order valence-electron chi connectivity index (χ4n) is 3.13. The van der Waals surface area contributed by atoms with Gasteiger partial charge in [-0.3, -0.25) is 0 Å². The van der Waals surface area contributed by atoms with Gasteiger partial charge < -0.3 is 19.3 Å². The molecule has 0 aromatic carbocycles. The van der Waals surface area contributed by atoms with Crippen molar-refractivity contribution in [3.8, 4) is 0 Å². The van der Waals surface area contributed by atoms with Gasteiger partial charge in [-0.05, 0) is 19.1 Å². The highest BCUT2D eigenvalue weighted by atomic mass is 35.5. The van der Waals surface area contributed by atoms with Crippen LogP contribution in [-0.4, -0.2) is 67.1 Å². The van der Waals surface area contributed by atoms with E-state index < -0.39 is 0 Å². The fourth-order valence-corrected chi connectivity index (χ4v) is 3.27. The van der Waals surface area contributed by atoms with Crippen LogP contribution in [0.25, 0.3) is 11.0 Å². The smallest absolute Gasteiger partial charge is 0.229 e. The third-order valence-electron chi connectivity index (χ3n) is 4.43. The number of morpholine rings is 2. The number of fused-ring (bicyclic) bond motifs is 1. The number of aromatic nitrogens is 3. The number of hydrogen-bond donors (Lipinski definition) is 0. The second-order valence-corrected chi connectivity index (χ2v) is 6.46. The summed E-state index contributed by atoms with van der Waals surface area (Å²) in [7, 11) is 0. The average Bonchev–Trinajstić information content (AvgIpc) is 2.61. The van der Waals surface area contributed by atoms with Gasteiger partial charge >= 0.3 is 0 Å². The Hall–Kier alpha value is -1.70. The lowest BCUT2D eigenvalue weighted by atomic mass is 10.2. The van der Waals surface area contributed by atoms with Crippen molar-refractivity contribution in [3.05, 3.63) is 17.3 Å². The van der Waals surface area contributed by atoms with Gasteiger partial charge in [0.2, 0.25) is 5.95 Å². The monoisotopic (exact) mass is 349 g/mol. The Balaban J connectivity index is 1.82. The summed E-state index contributed by atoms with van der Waals surface area (Å²) in [4.78, 5) is 18.4. The molecule has 8 heteroatoms. The number of halogens is 1. The summed E-state index contributed by atoms with van der Waals surface area (Å²) in [5.74, 6) is 1.59. The van der Waals surface area contributed by atoms with Crippen LogP contribution in [0.5, 0.6) is 0 Å². The molecular formula is C16H20ClN5O2. The Kier molecular flexibility index (Phi) is 4.39. The molecule has 2 fully saturated rings. The number of nitrogens with zero attached hydrogens (tertiary/aromatic N) is 5. The molecule has 0 spiro atoms. The van der Waals surface area contributed by atoms with Crippen LogP contribution in [0.15, 0.2) is 12.1 Å². The molecule has 2 aliphatic rings. The minimum absolute atomic E-state index is 0.230. The summed E-state index contributed by atoms with van der Waals surface area (Å²) in [5, 5.41) is 1.36. The second-order valence-electron chi connectivity index (χ2n) is 6.07. The molecule has 128 valence electrons. The number of hydrogen-bond acceptors (Lipinski definition) is 7. The van der Waals surface area contributed by atoms with Crippen molar-refractivity contribution in [2.24, 2.45) is 0 Å². The molecule has 0 unspecified atom stereocenters. The summed E-state index contributed by atoms with van der Waals surface area (Å²) in [5.41, 5.74) is 0.632. The standard InChI is InChI=1S/C16H20ClN5O2/c1-11-10-24-9-6-22(11)16-19-14-12(2-3-13(17)18-14)15(20-16)21-4-7-23-8-5-21/h2-3,11H,4-10H2,1H3/t11-/m0/s1. The number of rotatable bonds is 2. The Morgan fingerprint density at radius 3 is 2.62 bits per heavy atom. The minimum atomic E-state index is 0.230. The Morgan fingerprint density at radius 2 is 1.83 bits per heavy atom. The van der Waals surface area contributed by atoms with Gasteiger partial charge in [-0.25, -0.2) is 4.98 Å². The zero-order valence-electron chi connectivity index (χ0n) is 13.6. The third-order valence-corrected chi connectivity index (χ3v) is 4.64. The van der Waals surface area contributed by atoms with Gasteiger partial charge in [0.25, 0.3) is 0 Å². The first kappa shape index (κ1) is 15.8. The zero-order chi connectivity index (χ0) is 16.5. The summed E-state index contributed by atoms with van der Waals surface area (Å²) < 4.78 is 11.0. The van der Waals surface area contributed by atoms with Gasteiger partial charge in [0.15, 0.2) is 5.65 Å². The quantitative estimate of drug-likeness (QED) is 0.765. The van der Waals surface area contributed by atoms with E-state index in [1.807, 2.05) is 6.07 Å². The van der Waals surface area contributed by atoms with E-state index in [2.05, 4.69) is 26.7 Å². The van der Waals surface area contributed by atoms with Crippen molar-refractivity contribution >= 4 is 34.4 Å². The molecule has 7 nitrogen and oxygen atoms in total. The van der Waals surface area contributed by atoms with Gasteiger partial charge in [0.05, 0.1) is 37.9 Å². The lowest BCUT2D eigenvalue weighted by Gasteiger charge is -2.34. The number of anilines is 2. The maximum absolute atomic E-state index is 6.08. The predicted octanol–water partition coefficient (Wildman–Crippen LogP) is 1.74. The highest BCUT2D eigenvalue weighted by Crippen LogP contribution is 2.28. The first-order chi connectivity index (χ1) is 11.7. The van der Waals surface area contributed by atoms with Crippen LogP contribution in [0.2, 0.25) is 5.15 Å². The molecule has 1 atom stereocenters. The average molecular weight is 350 g/mol. The van der Waals surface area contributed by atoms with Gasteiger partial charge in [-0.2, -0.15) is 9.97 Å². The topological polar surface area (TPSA) is 63.6 Å². The molecule has 0 amide bonds. The molecule has 0 bridgehead atoms. The summed E-state index contributed by atoms with van der Waals surface area (Å²) in [6, 6.07) is 3.96. The highest BCUT2D eigenvalue weighted by Gasteiger charge is 2.25. The van der Waals surface area contributed by atoms with Gasteiger partial charge in [-0.1, -0.05) is 11.6 Å². The van der Waals surface area contributed by atoms with E-state index >= 15 is 0 Å². The minimum Gasteiger partial charge on any atom is -0.378 e. The molecule has 24 heavy (non-hydrogen) atoms. The van der Waals surface area contributed by atoms with Crippen molar-refractivity contribution in [3.63, 3.8) is 0 Å². The molecule has 0 radical (unpaired) electrons. The van der Waals surface area contributed by atoms with Crippen LogP contribution in [0, 0.1) is 0 Å². The van der Waals surface area contributed by atoms with E-state index in [9.17, 15) is 0 Å². The SMILES string of the molecule is C[C@H]1COCCN1c1nc(N2CCOCC2)c2ccc(Cl)nc2n1. The molecule has 4 rings (SSSR count). The van der Waals surface area contributed by atoms with Crippen LogP contribution in [-0.2, 0) is 9.47 Å². The van der Waals surface area contributed by atoms with E-state index in [1.165, 1.54) is 0 Å². The maximum Gasteiger partial charge on any atom is 0.229 e. The number of ether oxygens (including phenoxy) is 2. The van der Waals surface area contributed by atoms with Gasteiger partial charge in [0.1, 0.15) is 11.0 Å². The van der Waals surface area contributed by atoms with Crippen LogP contribution in [0.1, 0.15) is 6.92 Å². The Bertz CT molecular complexity index is 738. The van der Waals surface area contributed by atoms with Crippen molar-refractivity contribution in [1.82, 2.24) is 15.0 Å². The van der Waals surface area contributed by atoms with Crippen molar-refractivity contribution < 1.29 is 9.47 Å². The Morgan fingerprint density at radius 1 is 1.04 bits per heavy atom. The third kappa shape index (κ3) is 2.99. The zero-order valence-corrected chi connectivity index (χ0v) is 14.4. The van der Waals surface area contributed by atoms with Crippen LogP contribution < -0.4 is 9.80 Å². The van der Waals surface area contributed by atoms with E-state index in [-0.39, 0.29) is 6.04 Å². The maximum atomic E-state index is 6.08. The molecule has 4 heterocycles. The molecular weight excluding hydrogens is 330 g/mol. The summed E-state index contributed by atoms with van der Waals surface area (Å²) in [6.07, 6.45) is 0. The van der Waals surface area contributed by atoms with Crippen molar-refractivity contribution in [2.45, 2.75) is 13.0 Å². The van der Waals surface area contributed by atoms with Gasteiger partial charge in [-0.15, -0.1) is 0 Å². The lowest BCUT2D eigenvalue weighted by molar-refractivity contribution is 0.0981. The van der Waals surface area contributed by atoms with E-state index in [0.29, 0.717) is 43.2 Å². The molecule has 2 saturated heterocycles. The van der Waals surface area contributed by atoms with Crippen molar-refractivity contribution in [2.75, 3.05) is 55.9 Å². The normalized spacial score (nSPS) is 22.2. The first-order valence-corrected chi connectivity index (χ1v) is 8.61. The molecule has 0 saturated carbocycles. The molecule has 2 aliphatic heterocycles. The molecule has 0 N–H and O–H groups in total. The molecule has 2 aromatic heterocycles. The predicted molar refractivity (Wildman–Crippen MR) is 93.0 cm³/mol. The molecule has 0 aliphatic carbocycles. The molecule has 2 aromatic rings. The van der Waals surface area contributed by atoms with E-state index in [4.69, 9.17) is 26.1 Å².